The molecule has 1 aliphatic carbocycles. The second-order valence-corrected chi connectivity index (χ2v) is 3.20. The smallest absolute Gasteiger partial charge is 0.303 e. The second-order valence-electron chi connectivity index (χ2n) is 3.20. The van der Waals surface area contributed by atoms with Gasteiger partial charge in [-0.25, -0.2) is 0 Å². The number of hydrogen-bond donors (Lipinski definition) is 2. The number of allylic oxidation sites excluding steroid dienone is 1. The van der Waals surface area contributed by atoms with E-state index < -0.39 is 5.97 Å². The number of carbonyl (C=O) groups is 2. The van der Waals surface area contributed by atoms with Crippen LogP contribution in [0.2, 0.25) is 0 Å². The molecule has 0 bridgehead atoms. The lowest BCUT2D eigenvalue weighted by molar-refractivity contribution is -0.146. The first kappa shape index (κ1) is 13.6. The quantitative estimate of drug-likeness (QED) is 0.521. The van der Waals surface area contributed by atoms with Gasteiger partial charge in [0.05, 0.1) is 6.61 Å². The molecule has 0 heterocycles. The standard InChI is InChI=1S/C8H12O3.C2H4O2/c1-6(10)11-8-4-2-3-7(8)5-9;1-2(3)4/h2,4,7-9H,3,5H2,1H3;1H3,(H,3,4)/t7-,8-;/m1./s1. The number of rotatable bonds is 2. The van der Waals surface area contributed by atoms with Gasteiger partial charge in [0.2, 0.25) is 0 Å². The number of carboxylic acid groups (broad SMARTS) is 1. The summed E-state index contributed by atoms with van der Waals surface area (Å²) < 4.78 is 4.93. The molecule has 0 fully saturated rings. The summed E-state index contributed by atoms with van der Waals surface area (Å²) in [5.41, 5.74) is 0. The number of aliphatic carboxylic acids is 1. The van der Waals surface area contributed by atoms with Crippen LogP contribution in [0.15, 0.2) is 12.2 Å². The van der Waals surface area contributed by atoms with Gasteiger partial charge in [-0.3, -0.25) is 9.59 Å². The van der Waals surface area contributed by atoms with Gasteiger partial charge in [-0.1, -0.05) is 6.08 Å². The summed E-state index contributed by atoms with van der Waals surface area (Å²) in [6.45, 7) is 2.53. The summed E-state index contributed by atoms with van der Waals surface area (Å²) in [4.78, 5) is 19.5. The number of carboxylic acids is 1. The van der Waals surface area contributed by atoms with Gasteiger partial charge in [-0.15, -0.1) is 0 Å². The average molecular weight is 216 g/mol. The topological polar surface area (TPSA) is 83.8 Å². The zero-order valence-corrected chi connectivity index (χ0v) is 8.84. The highest BCUT2D eigenvalue weighted by Gasteiger charge is 2.24. The Balaban J connectivity index is 0.000000423. The molecule has 0 saturated heterocycles. The Morgan fingerprint density at radius 3 is 2.40 bits per heavy atom. The molecule has 0 amide bonds. The van der Waals surface area contributed by atoms with Crippen LogP contribution in [-0.4, -0.2) is 34.9 Å². The maximum atomic E-state index is 10.5. The number of aliphatic hydroxyl groups is 1. The molecule has 5 heteroatoms. The van der Waals surface area contributed by atoms with Crippen molar-refractivity contribution in [2.45, 2.75) is 26.4 Å². The Morgan fingerprint density at radius 2 is 2.00 bits per heavy atom. The third kappa shape index (κ3) is 6.68. The minimum Gasteiger partial charge on any atom is -0.481 e. The van der Waals surface area contributed by atoms with Crippen LogP contribution in [0.5, 0.6) is 0 Å². The Bertz CT molecular complexity index is 242. The fraction of sp³-hybridized carbons (Fsp3) is 0.600. The molecular weight excluding hydrogens is 200 g/mol. The maximum absolute atomic E-state index is 10.5. The third-order valence-electron chi connectivity index (χ3n) is 1.77. The molecule has 1 aliphatic rings. The first-order chi connectivity index (χ1) is 6.97. The Kier molecular flexibility index (Phi) is 6.37. The molecule has 2 atom stereocenters. The van der Waals surface area contributed by atoms with Crippen LogP contribution >= 0.6 is 0 Å². The van der Waals surface area contributed by atoms with Crippen LogP contribution in [0.1, 0.15) is 20.3 Å². The van der Waals surface area contributed by atoms with Crippen molar-refractivity contribution >= 4 is 11.9 Å². The van der Waals surface area contributed by atoms with Gasteiger partial charge >= 0.3 is 5.97 Å². The highest BCUT2D eigenvalue weighted by Crippen LogP contribution is 2.20. The molecule has 86 valence electrons. The number of esters is 1. The van der Waals surface area contributed by atoms with Gasteiger partial charge in [-0.05, 0) is 12.5 Å². The lowest BCUT2D eigenvalue weighted by atomic mass is 10.1. The molecule has 0 aromatic heterocycles. The molecule has 2 N–H and O–H groups in total. The zero-order chi connectivity index (χ0) is 11.8. The molecule has 15 heavy (non-hydrogen) atoms. The van der Waals surface area contributed by atoms with E-state index in [0.29, 0.717) is 0 Å². The molecule has 0 aromatic rings. The first-order valence-electron chi connectivity index (χ1n) is 4.61. The summed E-state index contributed by atoms with van der Waals surface area (Å²) in [6, 6.07) is 0. The van der Waals surface area contributed by atoms with Crippen LogP contribution < -0.4 is 0 Å². The van der Waals surface area contributed by atoms with E-state index in [-0.39, 0.29) is 24.6 Å². The zero-order valence-electron chi connectivity index (χ0n) is 8.84. The average Bonchev–Trinajstić information content (AvgIpc) is 2.49. The lowest BCUT2D eigenvalue weighted by Crippen LogP contribution is -2.23. The van der Waals surface area contributed by atoms with Crippen molar-refractivity contribution in [3.63, 3.8) is 0 Å². The van der Waals surface area contributed by atoms with Crippen molar-refractivity contribution in [3.05, 3.63) is 12.2 Å². The maximum Gasteiger partial charge on any atom is 0.303 e. The number of carbonyl (C=O) groups excluding carboxylic acids is 1. The molecule has 0 aromatic carbocycles. The Labute approximate surface area is 88.4 Å². The van der Waals surface area contributed by atoms with E-state index >= 15 is 0 Å². The first-order valence-corrected chi connectivity index (χ1v) is 4.61. The van der Waals surface area contributed by atoms with Crippen molar-refractivity contribution in [2.75, 3.05) is 6.61 Å². The van der Waals surface area contributed by atoms with Gasteiger partial charge in [0.15, 0.2) is 0 Å². The highest BCUT2D eigenvalue weighted by molar-refractivity contribution is 5.66. The largest absolute Gasteiger partial charge is 0.481 e. The number of hydrogen-bond acceptors (Lipinski definition) is 4. The Hall–Kier alpha value is -1.36. The minimum atomic E-state index is -0.833. The van der Waals surface area contributed by atoms with Gasteiger partial charge in [0.1, 0.15) is 6.10 Å². The van der Waals surface area contributed by atoms with E-state index in [0.717, 1.165) is 13.3 Å². The van der Waals surface area contributed by atoms with Crippen LogP contribution in [0.4, 0.5) is 0 Å². The van der Waals surface area contributed by atoms with Crippen molar-refractivity contribution in [1.82, 2.24) is 0 Å². The molecule has 5 nitrogen and oxygen atoms in total. The second kappa shape index (κ2) is 7.00. The fourth-order valence-corrected chi connectivity index (χ4v) is 1.18. The van der Waals surface area contributed by atoms with E-state index in [9.17, 15) is 4.79 Å². The van der Waals surface area contributed by atoms with Crippen LogP contribution in [0, 0.1) is 5.92 Å². The van der Waals surface area contributed by atoms with E-state index in [2.05, 4.69) is 0 Å². The third-order valence-corrected chi connectivity index (χ3v) is 1.77. The molecule has 1 rings (SSSR count). The highest BCUT2D eigenvalue weighted by atomic mass is 16.5. The summed E-state index contributed by atoms with van der Waals surface area (Å²) in [6.07, 6.45) is 4.34. The fourth-order valence-electron chi connectivity index (χ4n) is 1.18. The summed E-state index contributed by atoms with van der Waals surface area (Å²) in [5.74, 6) is -1.06. The SMILES string of the molecule is CC(=O)O.CC(=O)O[C@@H]1C=CC[C@@H]1CO. The molecular formula is C10H16O5. The van der Waals surface area contributed by atoms with E-state index in [1.54, 1.807) is 0 Å². The van der Waals surface area contributed by atoms with Gasteiger partial charge in [-0.2, -0.15) is 0 Å². The summed E-state index contributed by atoms with van der Waals surface area (Å²) >= 11 is 0. The van der Waals surface area contributed by atoms with Crippen molar-refractivity contribution in [1.29, 1.82) is 0 Å². The van der Waals surface area contributed by atoms with E-state index in [4.69, 9.17) is 19.7 Å². The van der Waals surface area contributed by atoms with Gasteiger partial charge < -0.3 is 14.9 Å². The molecule has 0 saturated carbocycles. The van der Waals surface area contributed by atoms with Crippen molar-refractivity contribution in [2.24, 2.45) is 5.92 Å². The predicted molar refractivity (Wildman–Crippen MR) is 53.2 cm³/mol. The van der Waals surface area contributed by atoms with Gasteiger partial charge in [0, 0.05) is 19.8 Å². The monoisotopic (exact) mass is 216 g/mol. The molecule has 0 spiro atoms. The minimum absolute atomic E-state index is 0.0684. The molecule has 0 unspecified atom stereocenters. The molecule has 0 radical (unpaired) electrons. The molecule has 0 aliphatic heterocycles. The number of ether oxygens (including phenoxy) is 1. The van der Waals surface area contributed by atoms with E-state index in [1.165, 1.54) is 6.92 Å². The normalized spacial score (nSPS) is 22.9. The van der Waals surface area contributed by atoms with Crippen LogP contribution in [0.3, 0.4) is 0 Å². The Morgan fingerprint density at radius 1 is 1.47 bits per heavy atom. The number of aliphatic hydroxyl groups excluding tert-OH is 1. The summed E-state index contributed by atoms with van der Waals surface area (Å²) in [7, 11) is 0. The van der Waals surface area contributed by atoms with Crippen molar-refractivity contribution in [3.8, 4) is 0 Å². The van der Waals surface area contributed by atoms with E-state index in [1.807, 2.05) is 12.2 Å². The van der Waals surface area contributed by atoms with Crippen LogP contribution in [0.25, 0.3) is 0 Å². The van der Waals surface area contributed by atoms with Crippen molar-refractivity contribution < 1.29 is 24.5 Å². The lowest BCUT2D eigenvalue weighted by Gasteiger charge is -2.15. The predicted octanol–water partition coefficient (Wildman–Crippen LogP) is 0.577. The summed E-state index contributed by atoms with van der Waals surface area (Å²) in [5, 5.41) is 16.2. The van der Waals surface area contributed by atoms with Gasteiger partial charge in [0.25, 0.3) is 5.97 Å². The van der Waals surface area contributed by atoms with Crippen LogP contribution in [-0.2, 0) is 14.3 Å².